The van der Waals surface area contributed by atoms with Crippen molar-refractivity contribution in [1.29, 1.82) is 5.26 Å². The molecule has 0 fully saturated rings. The standard InChI is InChI=1S/C28H22BrNO2/c1-19-10-12-21(13-11-19)24(17-30)14-20-15-26(29)28(27(16-20)31-2)32-18-23-8-5-7-22-6-3-4-9-25(22)23/h3-16H,18H2,1-2H3/b24-14+. The van der Waals surface area contributed by atoms with Crippen molar-refractivity contribution in [3.8, 4) is 17.6 Å². The number of allylic oxidation sites excluding steroid dienone is 1. The number of aryl methyl sites for hydroxylation is 1. The smallest absolute Gasteiger partial charge is 0.175 e. The highest BCUT2D eigenvalue weighted by molar-refractivity contribution is 9.10. The number of methoxy groups -OCH3 is 1. The van der Waals surface area contributed by atoms with Crippen molar-refractivity contribution < 1.29 is 9.47 Å². The third-order valence-corrected chi connectivity index (χ3v) is 5.89. The van der Waals surface area contributed by atoms with Gasteiger partial charge in [-0.3, -0.25) is 0 Å². The Morgan fingerprint density at radius 1 is 1.00 bits per heavy atom. The lowest BCUT2D eigenvalue weighted by Gasteiger charge is -2.15. The van der Waals surface area contributed by atoms with Crippen molar-refractivity contribution in [3.63, 3.8) is 0 Å². The minimum Gasteiger partial charge on any atom is -0.493 e. The molecule has 0 N–H and O–H groups in total. The number of hydrogen-bond acceptors (Lipinski definition) is 3. The molecule has 0 atom stereocenters. The summed E-state index contributed by atoms with van der Waals surface area (Å²) in [7, 11) is 1.62. The first kappa shape index (κ1) is 21.7. The van der Waals surface area contributed by atoms with E-state index in [1.807, 2.05) is 67.6 Å². The predicted octanol–water partition coefficient (Wildman–Crippen LogP) is 7.56. The SMILES string of the molecule is COc1cc(/C=C(\C#N)c2ccc(C)cc2)cc(Br)c1OCc1cccc2ccccc12. The average molecular weight is 484 g/mol. The maximum atomic E-state index is 9.67. The first-order valence-corrected chi connectivity index (χ1v) is 11.0. The number of nitriles is 1. The van der Waals surface area contributed by atoms with Crippen LogP contribution in [0.5, 0.6) is 11.5 Å². The van der Waals surface area contributed by atoms with Crippen molar-refractivity contribution >= 4 is 38.4 Å². The van der Waals surface area contributed by atoms with Crippen LogP contribution in [0.3, 0.4) is 0 Å². The molecule has 32 heavy (non-hydrogen) atoms. The number of halogens is 1. The molecule has 0 amide bonds. The maximum absolute atomic E-state index is 9.67. The molecule has 0 spiro atoms. The monoisotopic (exact) mass is 483 g/mol. The van der Waals surface area contributed by atoms with Crippen LogP contribution in [-0.4, -0.2) is 7.11 Å². The summed E-state index contributed by atoms with van der Waals surface area (Å²) in [6.45, 7) is 2.44. The van der Waals surface area contributed by atoms with Gasteiger partial charge < -0.3 is 9.47 Å². The van der Waals surface area contributed by atoms with Crippen molar-refractivity contribution in [1.82, 2.24) is 0 Å². The molecular weight excluding hydrogens is 462 g/mol. The van der Waals surface area contributed by atoms with Crippen molar-refractivity contribution in [2.75, 3.05) is 7.11 Å². The summed E-state index contributed by atoms with van der Waals surface area (Å²) in [6, 6.07) is 28.5. The van der Waals surface area contributed by atoms with E-state index < -0.39 is 0 Å². The predicted molar refractivity (Wildman–Crippen MR) is 134 cm³/mol. The van der Waals surface area contributed by atoms with E-state index in [4.69, 9.17) is 9.47 Å². The fourth-order valence-electron chi connectivity index (χ4n) is 3.61. The molecular formula is C28H22BrNO2. The van der Waals surface area contributed by atoms with Crippen LogP contribution < -0.4 is 9.47 Å². The van der Waals surface area contributed by atoms with Crippen molar-refractivity contribution in [2.45, 2.75) is 13.5 Å². The van der Waals surface area contributed by atoms with Gasteiger partial charge in [0, 0.05) is 0 Å². The van der Waals surface area contributed by atoms with Crippen LogP contribution in [0.15, 0.2) is 83.3 Å². The molecule has 0 radical (unpaired) electrons. The second-order valence-corrected chi connectivity index (χ2v) is 8.35. The molecule has 4 heteroatoms. The molecule has 0 unspecified atom stereocenters. The largest absolute Gasteiger partial charge is 0.493 e. The summed E-state index contributed by atoms with van der Waals surface area (Å²) in [5.41, 5.74) is 4.58. The van der Waals surface area contributed by atoms with Gasteiger partial charge in [-0.15, -0.1) is 0 Å². The molecule has 0 aromatic heterocycles. The summed E-state index contributed by atoms with van der Waals surface area (Å²) < 4.78 is 12.6. The number of nitrogens with zero attached hydrogens (tertiary/aromatic N) is 1. The van der Waals surface area contributed by atoms with E-state index in [0.29, 0.717) is 23.7 Å². The minimum atomic E-state index is 0.415. The van der Waals surface area contributed by atoms with Crippen LogP contribution in [-0.2, 0) is 6.61 Å². The van der Waals surface area contributed by atoms with Gasteiger partial charge in [0.1, 0.15) is 6.61 Å². The van der Waals surface area contributed by atoms with Crippen LogP contribution >= 0.6 is 15.9 Å². The molecule has 4 rings (SSSR count). The van der Waals surface area contributed by atoms with E-state index in [1.165, 1.54) is 10.8 Å². The van der Waals surface area contributed by atoms with E-state index in [-0.39, 0.29) is 0 Å². The summed E-state index contributed by atoms with van der Waals surface area (Å²) in [4.78, 5) is 0. The molecule has 3 nitrogen and oxygen atoms in total. The van der Waals surface area contributed by atoms with Crippen LogP contribution in [0.1, 0.15) is 22.3 Å². The lowest BCUT2D eigenvalue weighted by molar-refractivity contribution is 0.283. The van der Waals surface area contributed by atoms with Crippen LogP contribution in [0.2, 0.25) is 0 Å². The Labute approximate surface area is 196 Å². The number of benzene rings is 4. The van der Waals surface area contributed by atoms with E-state index in [1.54, 1.807) is 7.11 Å². The first-order valence-electron chi connectivity index (χ1n) is 10.2. The highest BCUT2D eigenvalue weighted by atomic mass is 79.9. The van der Waals surface area contributed by atoms with Gasteiger partial charge in [0.25, 0.3) is 0 Å². The van der Waals surface area contributed by atoms with Gasteiger partial charge in [0.15, 0.2) is 11.5 Å². The molecule has 0 aliphatic carbocycles. The zero-order chi connectivity index (χ0) is 22.5. The molecule has 0 saturated carbocycles. The first-order chi connectivity index (χ1) is 15.6. The Hall–Kier alpha value is -3.55. The third-order valence-electron chi connectivity index (χ3n) is 5.30. The van der Waals surface area contributed by atoms with Crippen LogP contribution in [0.4, 0.5) is 0 Å². The number of rotatable bonds is 6. The summed E-state index contributed by atoms with van der Waals surface area (Å²) >= 11 is 3.62. The minimum absolute atomic E-state index is 0.415. The highest BCUT2D eigenvalue weighted by Crippen LogP contribution is 2.38. The maximum Gasteiger partial charge on any atom is 0.175 e. The van der Waals surface area contributed by atoms with Crippen LogP contribution in [0.25, 0.3) is 22.4 Å². The number of fused-ring (bicyclic) bond motifs is 1. The Kier molecular flexibility index (Phi) is 6.58. The molecule has 0 heterocycles. The van der Waals surface area contributed by atoms with Gasteiger partial charge in [0.05, 0.1) is 23.2 Å². The Bertz CT molecular complexity index is 1330. The Morgan fingerprint density at radius 2 is 1.75 bits per heavy atom. The van der Waals surface area contributed by atoms with Gasteiger partial charge in [-0.1, -0.05) is 72.3 Å². The van der Waals surface area contributed by atoms with Gasteiger partial charge in [-0.2, -0.15) is 5.26 Å². The second kappa shape index (κ2) is 9.72. The summed E-state index contributed by atoms with van der Waals surface area (Å²) in [6.07, 6.45) is 1.85. The third kappa shape index (κ3) is 4.69. The Morgan fingerprint density at radius 3 is 2.50 bits per heavy atom. The Balaban J connectivity index is 1.63. The van der Waals surface area contributed by atoms with Gasteiger partial charge in [-0.25, -0.2) is 0 Å². The average Bonchev–Trinajstić information content (AvgIpc) is 2.82. The number of ether oxygens (including phenoxy) is 2. The van der Waals surface area contributed by atoms with E-state index in [9.17, 15) is 5.26 Å². The van der Waals surface area contributed by atoms with Crippen molar-refractivity contribution in [3.05, 3.63) is 106 Å². The molecule has 0 saturated heterocycles. The van der Waals surface area contributed by atoms with E-state index in [0.717, 1.165) is 26.7 Å². The molecule has 4 aromatic rings. The van der Waals surface area contributed by atoms with E-state index >= 15 is 0 Å². The lowest BCUT2D eigenvalue weighted by Crippen LogP contribution is -2.00. The van der Waals surface area contributed by atoms with Gasteiger partial charge in [0.2, 0.25) is 0 Å². The second-order valence-electron chi connectivity index (χ2n) is 7.50. The zero-order valence-corrected chi connectivity index (χ0v) is 19.5. The topological polar surface area (TPSA) is 42.2 Å². The fraction of sp³-hybridized carbons (Fsp3) is 0.107. The molecule has 0 bridgehead atoms. The van der Waals surface area contributed by atoms with Crippen molar-refractivity contribution in [2.24, 2.45) is 0 Å². The van der Waals surface area contributed by atoms with Crippen LogP contribution in [0, 0.1) is 18.3 Å². The number of hydrogen-bond donors (Lipinski definition) is 0. The summed E-state index contributed by atoms with van der Waals surface area (Å²) in [5, 5.41) is 12.0. The normalized spacial score (nSPS) is 11.2. The molecule has 4 aromatic carbocycles. The molecule has 0 aliphatic rings. The zero-order valence-electron chi connectivity index (χ0n) is 17.9. The van der Waals surface area contributed by atoms with E-state index in [2.05, 4.69) is 46.3 Å². The fourth-order valence-corrected chi connectivity index (χ4v) is 4.19. The summed E-state index contributed by atoms with van der Waals surface area (Å²) in [5.74, 6) is 1.23. The van der Waals surface area contributed by atoms with Gasteiger partial charge >= 0.3 is 0 Å². The molecule has 0 aliphatic heterocycles. The lowest BCUT2D eigenvalue weighted by atomic mass is 10.0. The quantitative estimate of drug-likeness (QED) is 0.210. The highest BCUT2D eigenvalue weighted by Gasteiger charge is 2.13. The molecule has 158 valence electrons. The van der Waals surface area contributed by atoms with Gasteiger partial charge in [-0.05, 0) is 68.5 Å².